The summed E-state index contributed by atoms with van der Waals surface area (Å²) in [6.07, 6.45) is 2.10. The molecule has 194 valence electrons. The SMILES string of the molecule is COc1ccc(NC(=O)c2cc(C)n(Cc3cccc(N4CCN(C(=O)C5CC5)CC4)c3)n2)cc1OC. The van der Waals surface area contributed by atoms with Gasteiger partial charge in [0.05, 0.1) is 20.8 Å². The maximum Gasteiger partial charge on any atom is 0.276 e. The third kappa shape index (κ3) is 5.55. The number of nitrogens with zero attached hydrogens (tertiary/aromatic N) is 4. The van der Waals surface area contributed by atoms with Crippen LogP contribution in [0.5, 0.6) is 11.5 Å². The van der Waals surface area contributed by atoms with Crippen LogP contribution in [-0.4, -0.2) is 66.9 Å². The van der Waals surface area contributed by atoms with Gasteiger partial charge in [-0.05, 0) is 55.7 Å². The average molecular weight is 504 g/mol. The highest BCUT2D eigenvalue weighted by Gasteiger charge is 2.34. The molecule has 1 saturated heterocycles. The smallest absolute Gasteiger partial charge is 0.276 e. The predicted octanol–water partition coefficient (Wildman–Crippen LogP) is 3.57. The third-order valence-corrected chi connectivity index (χ3v) is 6.98. The van der Waals surface area contributed by atoms with E-state index in [4.69, 9.17) is 9.47 Å². The van der Waals surface area contributed by atoms with Crippen molar-refractivity contribution in [2.45, 2.75) is 26.3 Å². The van der Waals surface area contributed by atoms with E-state index >= 15 is 0 Å². The van der Waals surface area contributed by atoms with Crippen LogP contribution >= 0.6 is 0 Å². The summed E-state index contributed by atoms with van der Waals surface area (Å²) >= 11 is 0. The lowest BCUT2D eigenvalue weighted by molar-refractivity contribution is -0.132. The lowest BCUT2D eigenvalue weighted by atomic mass is 10.1. The molecule has 0 bridgehead atoms. The second kappa shape index (κ2) is 10.5. The first kappa shape index (κ1) is 24.7. The van der Waals surface area contributed by atoms with Gasteiger partial charge in [-0.15, -0.1) is 0 Å². The summed E-state index contributed by atoms with van der Waals surface area (Å²) in [7, 11) is 3.12. The minimum Gasteiger partial charge on any atom is -0.493 e. The van der Waals surface area contributed by atoms with Crippen molar-refractivity contribution in [3.63, 3.8) is 0 Å². The van der Waals surface area contributed by atoms with Crippen molar-refractivity contribution in [1.82, 2.24) is 14.7 Å². The first-order chi connectivity index (χ1) is 17.9. The average Bonchev–Trinajstić information content (AvgIpc) is 3.71. The van der Waals surface area contributed by atoms with Crippen LogP contribution in [0, 0.1) is 12.8 Å². The number of amides is 2. The Labute approximate surface area is 217 Å². The van der Waals surface area contributed by atoms with Gasteiger partial charge < -0.3 is 24.6 Å². The van der Waals surface area contributed by atoms with Crippen LogP contribution in [0.2, 0.25) is 0 Å². The Balaban J connectivity index is 1.22. The van der Waals surface area contributed by atoms with Crippen LogP contribution in [0.15, 0.2) is 48.5 Å². The molecule has 0 unspecified atom stereocenters. The van der Waals surface area contributed by atoms with E-state index in [-0.39, 0.29) is 11.8 Å². The Morgan fingerprint density at radius 3 is 2.43 bits per heavy atom. The molecule has 1 saturated carbocycles. The molecule has 1 aliphatic carbocycles. The Morgan fingerprint density at radius 1 is 0.973 bits per heavy atom. The molecular weight excluding hydrogens is 470 g/mol. The summed E-state index contributed by atoms with van der Waals surface area (Å²) in [5.74, 6) is 1.45. The third-order valence-electron chi connectivity index (χ3n) is 6.98. The van der Waals surface area contributed by atoms with Crippen molar-refractivity contribution in [3.05, 3.63) is 65.5 Å². The topological polar surface area (TPSA) is 88.9 Å². The van der Waals surface area contributed by atoms with Crippen LogP contribution in [-0.2, 0) is 11.3 Å². The lowest BCUT2D eigenvalue weighted by Crippen LogP contribution is -2.49. The van der Waals surface area contributed by atoms with Gasteiger partial charge in [0.15, 0.2) is 17.2 Å². The molecule has 2 amide bonds. The van der Waals surface area contributed by atoms with Gasteiger partial charge >= 0.3 is 0 Å². The summed E-state index contributed by atoms with van der Waals surface area (Å²) in [6.45, 7) is 5.72. The van der Waals surface area contributed by atoms with Crippen LogP contribution in [0.1, 0.15) is 34.6 Å². The summed E-state index contributed by atoms with van der Waals surface area (Å²) in [5.41, 5.74) is 4.09. The fourth-order valence-electron chi connectivity index (χ4n) is 4.69. The number of nitrogens with one attached hydrogen (secondary N) is 1. The Kier molecular flexibility index (Phi) is 7.03. The van der Waals surface area contributed by atoms with E-state index in [0.29, 0.717) is 35.3 Å². The second-order valence-electron chi connectivity index (χ2n) is 9.61. The molecule has 0 spiro atoms. The van der Waals surface area contributed by atoms with Gasteiger partial charge in [0.1, 0.15) is 0 Å². The van der Waals surface area contributed by atoms with Gasteiger partial charge in [-0.25, -0.2) is 0 Å². The molecule has 1 N–H and O–H groups in total. The quantitative estimate of drug-likeness (QED) is 0.506. The normalized spacial score (nSPS) is 15.4. The molecular formula is C28H33N5O4. The number of carbonyl (C=O) groups excluding carboxylic acids is 2. The van der Waals surface area contributed by atoms with Gasteiger partial charge in [0.2, 0.25) is 5.91 Å². The number of hydrogen-bond acceptors (Lipinski definition) is 6. The minimum atomic E-state index is -0.290. The molecule has 2 aromatic carbocycles. The highest BCUT2D eigenvalue weighted by Crippen LogP contribution is 2.32. The number of piperazine rings is 1. The van der Waals surface area contributed by atoms with Crippen molar-refractivity contribution in [3.8, 4) is 11.5 Å². The lowest BCUT2D eigenvalue weighted by Gasteiger charge is -2.36. The van der Waals surface area contributed by atoms with Crippen molar-refractivity contribution in [2.24, 2.45) is 5.92 Å². The molecule has 3 aromatic rings. The van der Waals surface area contributed by atoms with Crippen molar-refractivity contribution >= 4 is 23.2 Å². The van der Waals surface area contributed by atoms with Gasteiger partial charge in [-0.3, -0.25) is 14.3 Å². The molecule has 0 atom stereocenters. The number of anilines is 2. The number of ether oxygens (including phenoxy) is 2. The van der Waals surface area contributed by atoms with Crippen LogP contribution in [0.4, 0.5) is 11.4 Å². The molecule has 0 radical (unpaired) electrons. The van der Waals surface area contributed by atoms with E-state index in [9.17, 15) is 9.59 Å². The van der Waals surface area contributed by atoms with Gasteiger partial charge in [-0.1, -0.05) is 12.1 Å². The Hall–Kier alpha value is -4.01. The molecule has 1 aromatic heterocycles. The number of benzene rings is 2. The highest BCUT2D eigenvalue weighted by atomic mass is 16.5. The molecule has 1 aliphatic heterocycles. The number of carbonyl (C=O) groups is 2. The molecule has 2 fully saturated rings. The van der Waals surface area contributed by atoms with Crippen molar-refractivity contribution in [1.29, 1.82) is 0 Å². The molecule has 2 heterocycles. The van der Waals surface area contributed by atoms with E-state index in [1.165, 1.54) is 0 Å². The summed E-state index contributed by atoms with van der Waals surface area (Å²) < 4.78 is 12.4. The summed E-state index contributed by atoms with van der Waals surface area (Å²) in [5, 5.41) is 7.44. The zero-order valence-corrected chi connectivity index (χ0v) is 21.6. The molecule has 5 rings (SSSR count). The predicted molar refractivity (Wildman–Crippen MR) is 142 cm³/mol. The maximum atomic E-state index is 12.9. The van der Waals surface area contributed by atoms with Crippen LogP contribution < -0.4 is 19.7 Å². The fourth-order valence-corrected chi connectivity index (χ4v) is 4.69. The molecule has 9 nitrogen and oxygen atoms in total. The molecule has 2 aliphatic rings. The number of aromatic nitrogens is 2. The zero-order chi connectivity index (χ0) is 25.9. The molecule has 9 heteroatoms. The van der Waals surface area contributed by atoms with E-state index in [0.717, 1.165) is 56.0 Å². The van der Waals surface area contributed by atoms with Gasteiger partial charge in [-0.2, -0.15) is 5.10 Å². The van der Waals surface area contributed by atoms with E-state index in [2.05, 4.69) is 39.6 Å². The highest BCUT2D eigenvalue weighted by molar-refractivity contribution is 6.03. The monoisotopic (exact) mass is 503 g/mol. The van der Waals surface area contributed by atoms with E-state index in [1.54, 1.807) is 38.5 Å². The Bertz CT molecular complexity index is 1290. The van der Waals surface area contributed by atoms with Crippen molar-refractivity contribution < 1.29 is 19.1 Å². The van der Waals surface area contributed by atoms with Crippen molar-refractivity contribution in [2.75, 3.05) is 50.6 Å². The number of hydrogen-bond donors (Lipinski definition) is 1. The molecule has 37 heavy (non-hydrogen) atoms. The van der Waals surface area contributed by atoms with E-state index in [1.807, 2.05) is 16.5 Å². The zero-order valence-electron chi connectivity index (χ0n) is 21.6. The summed E-state index contributed by atoms with van der Waals surface area (Å²) in [6, 6.07) is 15.4. The van der Waals surface area contributed by atoms with Gasteiger partial charge in [0, 0.05) is 55.2 Å². The summed E-state index contributed by atoms with van der Waals surface area (Å²) in [4.78, 5) is 29.6. The standard InChI is InChI=1S/C28H33N5O4/c1-19-15-24(27(34)29-22-9-10-25(36-2)26(17-22)37-3)30-33(19)18-20-5-4-6-23(16-20)31-11-13-32(14-12-31)28(35)21-7-8-21/h4-6,9-10,15-17,21H,7-8,11-14,18H2,1-3H3,(H,29,34). The van der Waals surface area contributed by atoms with Crippen LogP contribution in [0.25, 0.3) is 0 Å². The Morgan fingerprint density at radius 2 is 1.73 bits per heavy atom. The number of aryl methyl sites for hydroxylation is 1. The second-order valence-corrected chi connectivity index (χ2v) is 9.61. The first-order valence-electron chi connectivity index (χ1n) is 12.7. The largest absolute Gasteiger partial charge is 0.493 e. The van der Waals surface area contributed by atoms with Crippen LogP contribution in [0.3, 0.4) is 0 Å². The maximum absolute atomic E-state index is 12.9. The number of rotatable bonds is 8. The number of methoxy groups -OCH3 is 2. The first-order valence-corrected chi connectivity index (χ1v) is 12.7. The minimum absolute atomic E-state index is 0.276. The van der Waals surface area contributed by atoms with E-state index < -0.39 is 0 Å². The fraction of sp³-hybridized carbons (Fsp3) is 0.393. The van der Waals surface area contributed by atoms with Gasteiger partial charge in [0.25, 0.3) is 5.91 Å².